The van der Waals surface area contributed by atoms with Gasteiger partial charge in [0, 0.05) is 12.9 Å². The van der Waals surface area contributed by atoms with Gasteiger partial charge in [0.1, 0.15) is 0 Å². The molecule has 0 spiro atoms. The number of hydrogen-bond donors (Lipinski definition) is 0. The Labute approximate surface area is 178 Å². The van der Waals surface area contributed by atoms with E-state index in [1.54, 1.807) is 7.11 Å². The molecule has 27 heavy (non-hydrogen) atoms. The Kier molecular flexibility index (Phi) is 11.6. The SMILES string of the molecule is COCCOc1c[c-]c(C=Nc2c(C(C)C)cccc2C(C)C)cc1.[Cl][Pd+]. The quantitative estimate of drug-likeness (QED) is 0.195. The number of halogens is 1. The summed E-state index contributed by atoms with van der Waals surface area (Å²) in [5, 5.41) is 0. The van der Waals surface area contributed by atoms with Crippen molar-refractivity contribution in [3.8, 4) is 5.75 Å². The Morgan fingerprint density at radius 1 is 1.04 bits per heavy atom. The summed E-state index contributed by atoms with van der Waals surface area (Å²) in [4.78, 5) is 4.81. The van der Waals surface area contributed by atoms with E-state index in [2.05, 4.69) is 79.7 Å². The molecule has 2 aromatic carbocycles. The Hall–Kier alpha value is -1.18. The van der Waals surface area contributed by atoms with Crippen molar-refractivity contribution in [1.29, 1.82) is 0 Å². The van der Waals surface area contributed by atoms with Crippen LogP contribution >= 0.6 is 9.53 Å². The molecule has 5 heteroatoms. The third kappa shape index (κ3) is 7.76. The third-order valence-corrected chi connectivity index (χ3v) is 4.04. The van der Waals surface area contributed by atoms with Crippen LogP contribution in [0.15, 0.2) is 41.4 Å². The van der Waals surface area contributed by atoms with Crippen LogP contribution < -0.4 is 4.74 Å². The van der Waals surface area contributed by atoms with Crippen LogP contribution in [0.25, 0.3) is 0 Å². The summed E-state index contributed by atoms with van der Waals surface area (Å²) in [5.41, 5.74) is 4.58. The summed E-state index contributed by atoms with van der Waals surface area (Å²) in [7, 11) is 6.15. The van der Waals surface area contributed by atoms with Crippen molar-refractivity contribution in [2.75, 3.05) is 20.3 Å². The molecule has 3 nitrogen and oxygen atoms in total. The maximum atomic E-state index is 5.56. The van der Waals surface area contributed by atoms with Crippen LogP contribution in [-0.4, -0.2) is 26.5 Å². The number of ether oxygens (including phenoxy) is 2. The van der Waals surface area contributed by atoms with E-state index in [0.29, 0.717) is 25.0 Å². The van der Waals surface area contributed by atoms with Gasteiger partial charge in [-0.2, -0.15) is 0 Å². The van der Waals surface area contributed by atoms with Crippen LogP contribution in [0.5, 0.6) is 5.75 Å². The Morgan fingerprint density at radius 3 is 2.15 bits per heavy atom. The number of benzene rings is 2. The van der Waals surface area contributed by atoms with E-state index in [9.17, 15) is 0 Å². The van der Waals surface area contributed by atoms with Crippen molar-refractivity contribution in [1.82, 2.24) is 0 Å². The second kappa shape index (κ2) is 13.1. The molecule has 0 unspecified atom stereocenters. The predicted octanol–water partition coefficient (Wildman–Crippen LogP) is 6.20. The minimum absolute atomic E-state index is 0.436. The normalized spacial score (nSPS) is 11.0. The Bertz CT molecular complexity index is 674. The number of nitrogens with zero attached hydrogens (tertiary/aromatic N) is 1. The van der Waals surface area contributed by atoms with Gasteiger partial charge in [0.25, 0.3) is 0 Å². The molecule has 2 aromatic rings. The van der Waals surface area contributed by atoms with Gasteiger partial charge in [-0.25, -0.2) is 0 Å². The third-order valence-electron chi connectivity index (χ3n) is 4.04. The molecule has 0 amide bonds. The van der Waals surface area contributed by atoms with Gasteiger partial charge in [-0.05, 0) is 29.2 Å². The number of aliphatic imine (C=N–C) groups is 1. The summed E-state index contributed by atoms with van der Waals surface area (Å²) in [6.07, 6.45) is 1.88. The summed E-state index contributed by atoms with van der Waals surface area (Å²) < 4.78 is 10.5. The van der Waals surface area contributed by atoms with Crippen LogP contribution in [0.1, 0.15) is 56.2 Å². The van der Waals surface area contributed by atoms with E-state index in [1.165, 1.54) is 11.1 Å². The minimum atomic E-state index is 0.436. The average molecular weight is 480 g/mol. The van der Waals surface area contributed by atoms with Crippen LogP contribution in [0, 0.1) is 6.07 Å². The standard InChI is InChI=1S/C22H28NO2.ClH.Pd/c1-16(2)20-7-6-8-21(17(3)4)22(20)23-15-18-9-11-19(12-10-18)25-14-13-24-5;;/h6-9,11-12,15-17H,13-14H2,1-5H3;1H;/q-1;;+2/p-1. The molecule has 0 heterocycles. The average Bonchev–Trinajstić information content (AvgIpc) is 2.68. The Balaban J connectivity index is 0.00000176. The van der Waals surface area contributed by atoms with Gasteiger partial charge in [-0.3, -0.25) is 0 Å². The first kappa shape index (κ1) is 23.9. The van der Waals surface area contributed by atoms with E-state index >= 15 is 0 Å². The number of hydrogen-bond acceptors (Lipinski definition) is 3. The van der Waals surface area contributed by atoms with E-state index in [-0.39, 0.29) is 0 Å². The summed E-state index contributed by atoms with van der Waals surface area (Å²) in [5.74, 6) is 1.66. The van der Waals surface area contributed by atoms with Gasteiger partial charge in [0.2, 0.25) is 0 Å². The topological polar surface area (TPSA) is 30.8 Å². The molecule has 0 aliphatic rings. The molecular formula is C22H28ClNO2Pd. The zero-order valence-electron chi connectivity index (χ0n) is 16.6. The number of para-hydroxylation sites is 1. The fourth-order valence-corrected chi connectivity index (χ4v) is 2.63. The van der Waals surface area contributed by atoms with Crippen LogP contribution in [-0.2, 0) is 22.9 Å². The zero-order valence-corrected chi connectivity index (χ0v) is 18.9. The summed E-state index contributed by atoms with van der Waals surface area (Å²) in [6.45, 7) is 9.94. The molecule has 0 bridgehead atoms. The van der Waals surface area contributed by atoms with Gasteiger partial charge in [0.15, 0.2) is 0 Å². The van der Waals surface area contributed by atoms with E-state index in [1.807, 2.05) is 24.4 Å². The van der Waals surface area contributed by atoms with E-state index < -0.39 is 0 Å². The van der Waals surface area contributed by atoms with Crippen molar-refractivity contribution >= 4 is 21.4 Å². The van der Waals surface area contributed by atoms with Gasteiger partial charge in [-0.15, -0.1) is 29.8 Å². The van der Waals surface area contributed by atoms with Crippen LogP contribution in [0.3, 0.4) is 0 Å². The fraction of sp³-hybridized carbons (Fsp3) is 0.409. The molecule has 2 rings (SSSR count). The fourth-order valence-electron chi connectivity index (χ4n) is 2.63. The Morgan fingerprint density at radius 2 is 1.67 bits per heavy atom. The summed E-state index contributed by atoms with van der Waals surface area (Å²) >= 11 is 2.22. The molecule has 0 radical (unpaired) electrons. The van der Waals surface area contributed by atoms with Gasteiger partial charge < -0.3 is 14.5 Å². The van der Waals surface area contributed by atoms with E-state index in [4.69, 9.17) is 14.5 Å². The van der Waals surface area contributed by atoms with Crippen molar-refractivity contribution in [3.05, 3.63) is 59.2 Å². The first-order valence-corrected chi connectivity index (χ1v) is 11.0. The van der Waals surface area contributed by atoms with E-state index in [0.717, 1.165) is 17.0 Å². The first-order valence-electron chi connectivity index (χ1n) is 8.95. The molecule has 150 valence electrons. The maximum absolute atomic E-state index is 5.56. The van der Waals surface area contributed by atoms with Gasteiger partial charge in [0.05, 0.1) is 18.9 Å². The molecule has 0 aliphatic carbocycles. The number of rotatable bonds is 8. The van der Waals surface area contributed by atoms with Gasteiger partial charge in [-0.1, -0.05) is 45.9 Å². The van der Waals surface area contributed by atoms with Crippen LogP contribution in [0.4, 0.5) is 5.69 Å². The van der Waals surface area contributed by atoms with Crippen molar-refractivity contribution in [3.63, 3.8) is 0 Å². The predicted molar refractivity (Wildman–Crippen MR) is 110 cm³/mol. The zero-order chi connectivity index (χ0) is 20.2. The molecule has 0 saturated heterocycles. The molecular weight excluding hydrogens is 452 g/mol. The first-order chi connectivity index (χ1) is 13.0. The molecule has 0 aliphatic heterocycles. The van der Waals surface area contributed by atoms with Gasteiger partial charge >= 0.3 is 27.7 Å². The molecule has 0 saturated carbocycles. The van der Waals surface area contributed by atoms with Crippen molar-refractivity contribution in [2.45, 2.75) is 39.5 Å². The van der Waals surface area contributed by atoms with Crippen LogP contribution in [0.2, 0.25) is 0 Å². The summed E-state index contributed by atoms with van der Waals surface area (Å²) in [6, 6.07) is 15.4. The molecule has 0 atom stereocenters. The van der Waals surface area contributed by atoms with Crippen molar-refractivity contribution < 1.29 is 27.7 Å². The number of methoxy groups -OCH3 is 1. The second-order valence-electron chi connectivity index (χ2n) is 6.67. The second-order valence-corrected chi connectivity index (χ2v) is 6.67. The monoisotopic (exact) mass is 479 g/mol. The molecule has 0 aromatic heterocycles. The van der Waals surface area contributed by atoms with Crippen molar-refractivity contribution in [2.24, 2.45) is 4.99 Å². The molecule has 0 fully saturated rings. The molecule has 0 N–H and O–H groups in total.